The van der Waals surface area contributed by atoms with Gasteiger partial charge in [-0.15, -0.1) is 0 Å². The molecule has 0 unspecified atom stereocenters. The molecule has 0 spiro atoms. The predicted octanol–water partition coefficient (Wildman–Crippen LogP) is 8.51. The molecular weight excluding hydrogens is 1190 g/mol. The number of rotatable bonds is 15. The van der Waals surface area contributed by atoms with Crippen LogP contribution in [0.5, 0.6) is 28.7 Å². The molecule has 23 heteroatoms. The molecule has 0 saturated heterocycles. The van der Waals surface area contributed by atoms with Crippen LogP contribution >= 0.6 is 0 Å². The minimum atomic E-state index is -1.78. The summed E-state index contributed by atoms with van der Waals surface area (Å²) in [5.74, 6) is 0.326. The van der Waals surface area contributed by atoms with Gasteiger partial charge in [0.05, 0.1) is 6.61 Å². The lowest BCUT2D eigenvalue weighted by molar-refractivity contribution is 0.276. The van der Waals surface area contributed by atoms with Crippen molar-refractivity contribution in [3.63, 3.8) is 0 Å². The molecule has 92 heavy (non-hydrogen) atoms. The van der Waals surface area contributed by atoms with E-state index in [1.165, 1.54) is 61.4 Å². The van der Waals surface area contributed by atoms with Gasteiger partial charge in [0.15, 0.2) is 11.6 Å². The van der Waals surface area contributed by atoms with E-state index in [2.05, 4.69) is 0 Å². The topological polar surface area (TPSA) is 230 Å². The molecule has 10 aromatic rings. The first kappa shape index (κ1) is 72.2. The zero-order valence-corrected chi connectivity index (χ0v) is 51.4. The zero-order chi connectivity index (χ0) is 67.3. The van der Waals surface area contributed by atoms with Crippen LogP contribution in [-0.4, -0.2) is 85.7 Å². The van der Waals surface area contributed by atoms with E-state index >= 15 is 0 Å². The molecule has 13 nitrogen and oxygen atoms in total. The molecule has 0 amide bonds. The standard InChI is InChI=1S/C15H17BO3.C14H13BF2O3.C14H15BO4.C13H11BF2O.C13H12BFO2/c1-10-5-4-6-14(7-10)19-15-11(2)8-13(16(17)18)9-12(15)3;1-9-6-10(2-4-12(9)16)8-20-14-5-3-11(15(18)19)7-13(14)17;1-10-3-2-4-13(7-10)19-14-6-5-12(15(17)18)8-11(14)9-16;1-14(17)12-7-4-10(8-13(12)16)9-2-5-11(15)6-3-9;1-9-4-2-3-5-11(9)10-6-7-12(14(16)17)13(15)8-10/h4-9,17-18H,1-3H3;2-7,18-19H,8H2,1H3;2-8,16-18H,9H2,1H3;2-8,17H,1H3;2-8,16-17H,1H3. The highest BCUT2D eigenvalue weighted by atomic mass is 19.1. The molecule has 0 heterocycles. The summed E-state index contributed by atoms with van der Waals surface area (Å²) in [5, 5.41) is 90.9. The molecule has 0 atom stereocenters. The largest absolute Gasteiger partial charge is 0.491 e. The summed E-state index contributed by atoms with van der Waals surface area (Å²) in [7, 11) is -6.51. The first-order chi connectivity index (χ1) is 43.7. The third-order valence-electron chi connectivity index (χ3n) is 14.0. The van der Waals surface area contributed by atoms with Crippen LogP contribution in [0.25, 0.3) is 22.3 Å². The molecule has 0 aromatic heterocycles. The summed E-state index contributed by atoms with van der Waals surface area (Å²) >= 11 is 0. The van der Waals surface area contributed by atoms with Crippen molar-refractivity contribution in [3.05, 3.63) is 274 Å². The Hall–Kier alpha value is -8.83. The molecule has 0 aliphatic rings. The van der Waals surface area contributed by atoms with Crippen molar-refractivity contribution in [1.82, 2.24) is 0 Å². The van der Waals surface area contributed by atoms with Crippen LogP contribution in [0.4, 0.5) is 22.0 Å². The van der Waals surface area contributed by atoms with Crippen molar-refractivity contribution in [2.45, 2.75) is 61.6 Å². The van der Waals surface area contributed by atoms with Crippen molar-refractivity contribution < 1.29 is 86.5 Å². The lowest BCUT2D eigenvalue weighted by atomic mass is 9.64. The maximum absolute atomic E-state index is 13.6. The van der Waals surface area contributed by atoms with Crippen LogP contribution in [0.3, 0.4) is 0 Å². The van der Waals surface area contributed by atoms with E-state index in [1.54, 1.807) is 73.7 Å². The van der Waals surface area contributed by atoms with Gasteiger partial charge in [-0.05, 0) is 203 Å². The molecule has 10 aromatic carbocycles. The Bertz CT molecular complexity index is 4030. The van der Waals surface area contributed by atoms with E-state index < -0.39 is 52.8 Å². The van der Waals surface area contributed by atoms with E-state index in [0.717, 1.165) is 67.6 Å². The van der Waals surface area contributed by atoms with Crippen molar-refractivity contribution in [1.29, 1.82) is 0 Å². The Morgan fingerprint density at radius 2 is 0.913 bits per heavy atom. The summed E-state index contributed by atoms with van der Waals surface area (Å²) in [6, 6.07) is 54.2. The summed E-state index contributed by atoms with van der Waals surface area (Å²) in [5.41, 5.74) is 10.8. The van der Waals surface area contributed by atoms with Gasteiger partial charge < -0.3 is 64.5 Å². The Kier molecular flexibility index (Phi) is 27.1. The van der Waals surface area contributed by atoms with Crippen molar-refractivity contribution in [2.75, 3.05) is 0 Å². The number of aliphatic hydroxyl groups excluding tert-OH is 1. The van der Waals surface area contributed by atoms with Crippen LogP contribution < -0.4 is 41.5 Å². The maximum Gasteiger partial charge on any atom is 0.491 e. The fraction of sp³-hybridized carbons (Fsp3) is 0.130. The Morgan fingerprint density at radius 1 is 0.380 bits per heavy atom. The second kappa shape index (κ2) is 34.6. The van der Waals surface area contributed by atoms with E-state index in [1.807, 2.05) is 107 Å². The Morgan fingerprint density at radius 3 is 1.43 bits per heavy atom. The fourth-order valence-electron chi connectivity index (χ4n) is 9.12. The summed E-state index contributed by atoms with van der Waals surface area (Å²) in [4.78, 5) is 0. The van der Waals surface area contributed by atoms with Gasteiger partial charge in [0, 0.05) is 11.0 Å². The van der Waals surface area contributed by atoms with Gasteiger partial charge in [0.25, 0.3) is 0 Å². The Labute approximate surface area is 533 Å². The molecular formula is C69H68B5F5O13. The maximum atomic E-state index is 13.6. The summed E-state index contributed by atoms with van der Waals surface area (Å²) < 4.78 is 83.6. The monoisotopic (exact) mass is 1250 g/mol. The highest BCUT2D eigenvalue weighted by molar-refractivity contribution is 6.65. The van der Waals surface area contributed by atoms with Gasteiger partial charge in [-0.25, -0.2) is 22.0 Å². The third kappa shape index (κ3) is 21.4. The minimum Gasteiger partial charge on any atom is -0.486 e. The van der Waals surface area contributed by atoms with E-state index in [0.29, 0.717) is 39.1 Å². The molecule has 0 fully saturated rings. The molecule has 0 aliphatic heterocycles. The Balaban J connectivity index is 0.000000183. The predicted molar refractivity (Wildman–Crippen MR) is 354 cm³/mol. The highest BCUT2D eigenvalue weighted by Crippen LogP contribution is 2.30. The number of aliphatic hydroxyl groups is 1. The molecule has 472 valence electrons. The second-order valence-corrected chi connectivity index (χ2v) is 21.4. The summed E-state index contributed by atoms with van der Waals surface area (Å²) in [6.45, 7) is 11.9. The molecule has 0 saturated carbocycles. The number of ether oxygens (including phenoxy) is 3. The average molecular weight is 1250 g/mol. The van der Waals surface area contributed by atoms with Gasteiger partial charge in [-0.3, -0.25) is 0 Å². The molecule has 0 aliphatic carbocycles. The smallest absolute Gasteiger partial charge is 0.486 e. The number of hydrogen-bond acceptors (Lipinski definition) is 13. The number of hydrogen-bond donors (Lipinski definition) is 10. The molecule has 10 rings (SSSR count). The first-order valence-corrected chi connectivity index (χ1v) is 28.8. The number of aryl methyl sites for hydroxylation is 6. The molecule has 0 radical (unpaired) electrons. The van der Waals surface area contributed by atoms with Gasteiger partial charge in [-0.2, -0.15) is 0 Å². The second-order valence-electron chi connectivity index (χ2n) is 21.4. The highest BCUT2D eigenvalue weighted by Gasteiger charge is 2.20. The van der Waals surface area contributed by atoms with Crippen LogP contribution in [0, 0.1) is 70.6 Å². The lowest BCUT2D eigenvalue weighted by Crippen LogP contribution is -2.32. The van der Waals surface area contributed by atoms with Gasteiger partial charge in [0.1, 0.15) is 52.9 Å². The van der Waals surface area contributed by atoms with E-state index in [-0.39, 0.29) is 47.0 Å². The first-order valence-electron chi connectivity index (χ1n) is 28.8. The van der Waals surface area contributed by atoms with E-state index in [9.17, 15) is 42.1 Å². The van der Waals surface area contributed by atoms with Crippen LogP contribution in [0.15, 0.2) is 200 Å². The van der Waals surface area contributed by atoms with Crippen molar-refractivity contribution >= 4 is 62.7 Å². The van der Waals surface area contributed by atoms with Crippen LogP contribution in [0.2, 0.25) is 6.82 Å². The molecule has 0 bridgehead atoms. The van der Waals surface area contributed by atoms with Gasteiger partial charge in [-0.1, -0.05) is 128 Å². The number of benzene rings is 10. The third-order valence-corrected chi connectivity index (χ3v) is 14.0. The van der Waals surface area contributed by atoms with Gasteiger partial charge in [0.2, 0.25) is 0 Å². The van der Waals surface area contributed by atoms with Gasteiger partial charge >= 0.3 is 35.4 Å². The fourth-order valence-corrected chi connectivity index (χ4v) is 9.12. The molecule has 10 N–H and O–H groups in total. The van der Waals surface area contributed by atoms with E-state index in [4.69, 9.17) is 44.4 Å². The normalized spacial score (nSPS) is 10.4. The number of halogens is 5. The van der Waals surface area contributed by atoms with Crippen LogP contribution in [0.1, 0.15) is 44.5 Å². The minimum absolute atomic E-state index is 0.00335. The van der Waals surface area contributed by atoms with Crippen molar-refractivity contribution in [3.8, 4) is 51.0 Å². The van der Waals surface area contributed by atoms with Crippen LogP contribution in [-0.2, 0) is 13.2 Å². The SMILES string of the molecule is CB(O)c1ccc(-c2ccc(F)cc2)cc1F.Cc1cc(COc2ccc(B(O)O)cc2F)ccc1F.Cc1cccc(Oc2c(C)cc(B(O)O)cc2C)c1.Cc1cccc(Oc2ccc(B(O)O)cc2CO)c1.Cc1ccccc1-c1ccc(B(O)O)c(F)c1. The van der Waals surface area contributed by atoms with Crippen molar-refractivity contribution in [2.24, 2.45) is 0 Å². The average Bonchev–Trinajstić information content (AvgIpc) is 1.54. The summed E-state index contributed by atoms with van der Waals surface area (Å²) in [6.07, 6.45) is 0. The lowest BCUT2D eigenvalue weighted by Gasteiger charge is -2.14. The quantitative estimate of drug-likeness (QED) is 0.0343. The zero-order valence-electron chi connectivity index (χ0n) is 51.4.